The van der Waals surface area contributed by atoms with E-state index in [1.54, 1.807) is 0 Å². The van der Waals surface area contributed by atoms with E-state index in [1.807, 2.05) is 0 Å². The maximum atomic E-state index is 11.3. The molecule has 0 aliphatic heterocycles. The highest BCUT2D eigenvalue weighted by atomic mass is 16.4. The summed E-state index contributed by atoms with van der Waals surface area (Å²) < 4.78 is 0. The molecule has 0 saturated carbocycles. The molecule has 3 atom stereocenters. The fraction of sp³-hybridized carbons (Fsp3) is 0.938. The van der Waals surface area contributed by atoms with E-state index in [0.29, 0.717) is 12.5 Å². The second-order valence-electron chi connectivity index (χ2n) is 5.86. The first-order valence-corrected chi connectivity index (χ1v) is 8.26. The van der Waals surface area contributed by atoms with E-state index < -0.39 is 12.0 Å². The summed E-state index contributed by atoms with van der Waals surface area (Å²) in [6.45, 7) is 4.96. The van der Waals surface area contributed by atoms with Gasteiger partial charge >= 0.3 is 5.97 Å². The number of rotatable bonds is 13. The second-order valence-corrected chi connectivity index (χ2v) is 5.86. The smallest absolute Gasteiger partial charge is 0.320 e. The van der Waals surface area contributed by atoms with Gasteiger partial charge in [0.25, 0.3) is 0 Å². The summed E-state index contributed by atoms with van der Waals surface area (Å²) in [7, 11) is 0. The van der Waals surface area contributed by atoms with Crippen molar-refractivity contribution in [1.29, 1.82) is 0 Å². The number of unbranched alkanes of at least 4 members (excludes halogenated alkanes) is 4. The first-order valence-electron chi connectivity index (χ1n) is 8.26. The molecule has 0 heterocycles. The highest BCUT2D eigenvalue weighted by Crippen LogP contribution is 2.29. The van der Waals surface area contributed by atoms with Crippen molar-refractivity contribution < 1.29 is 9.90 Å². The Morgan fingerprint density at radius 3 is 2.00 bits per heavy atom. The number of nitrogens with two attached hydrogens (primary N) is 2. The van der Waals surface area contributed by atoms with E-state index in [9.17, 15) is 9.90 Å². The fourth-order valence-electron chi connectivity index (χ4n) is 2.96. The van der Waals surface area contributed by atoms with Crippen LogP contribution in [0.4, 0.5) is 0 Å². The van der Waals surface area contributed by atoms with Crippen molar-refractivity contribution in [2.75, 3.05) is 6.54 Å². The van der Waals surface area contributed by atoms with Gasteiger partial charge in [0.2, 0.25) is 0 Å². The first-order chi connectivity index (χ1) is 9.58. The van der Waals surface area contributed by atoms with E-state index in [4.69, 9.17) is 11.5 Å². The zero-order chi connectivity index (χ0) is 15.4. The van der Waals surface area contributed by atoms with E-state index in [0.717, 1.165) is 44.9 Å². The van der Waals surface area contributed by atoms with Crippen LogP contribution in [0.25, 0.3) is 0 Å². The third-order valence-electron chi connectivity index (χ3n) is 4.21. The lowest BCUT2D eigenvalue weighted by Gasteiger charge is -2.30. The van der Waals surface area contributed by atoms with Crippen molar-refractivity contribution in [3.8, 4) is 0 Å². The molecule has 0 aromatic carbocycles. The molecule has 0 fully saturated rings. The van der Waals surface area contributed by atoms with Crippen LogP contribution < -0.4 is 11.5 Å². The van der Waals surface area contributed by atoms with Crippen LogP contribution >= 0.6 is 0 Å². The number of carbonyl (C=O) groups is 1. The van der Waals surface area contributed by atoms with Crippen LogP contribution in [0.1, 0.15) is 71.6 Å². The molecule has 0 aromatic heterocycles. The van der Waals surface area contributed by atoms with Gasteiger partial charge in [0.15, 0.2) is 0 Å². The maximum absolute atomic E-state index is 11.3. The van der Waals surface area contributed by atoms with Gasteiger partial charge in [-0.25, -0.2) is 0 Å². The molecule has 0 spiro atoms. The standard InChI is InChI=1S/C16H34N2O2/c1-3-5-7-9-13(11-12-17)14(10-8-6-4-2)15(18)16(19)20/h13-15H,3-12,17-18H2,1-2H3,(H,19,20). The van der Waals surface area contributed by atoms with E-state index in [2.05, 4.69) is 13.8 Å². The molecular weight excluding hydrogens is 252 g/mol. The number of carboxylic acids is 1. The minimum Gasteiger partial charge on any atom is -0.480 e. The summed E-state index contributed by atoms with van der Waals surface area (Å²) >= 11 is 0. The maximum Gasteiger partial charge on any atom is 0.320 e. The van der Waals surface area contributed by atoms with Crippen LogP contribution in [0, 0.1) is 11.8 Å². The second kappa shape index (κ2) is 12.2. The molecule has 4 heteroatoms. The summed E-state index contributed by atoms with van der Waals surface area (Å²) in [6, 6.07) is -0.745. The summed E-state index contributed by atoms with van der Waals surface area (Å²) in [6.07, 6.45) is 9.75. The molecule has 0 aliphatic carbocycles. The van der Waals surface area contributed by atoms with Crippen LogP contribution in [0.15, 0.2) is 0 Å². The monoisotopic (exact) mass is 286 g/mol. The van der Waals surface area contributed by atoms with Crippen LogP contribution in [0.3, 0.4) is 0 Å². The Morgan fingerprint density at radius 1 is 1.00 bits per heavy atom. The third kappa shape index (κ3) is 7.85. The minimum absolute atomic E-state index is 0.0689. The van der Waals surface area contributed by atoms with Gasteiger partial charge in [-0.2, -0.15) is 0 Å². The van der Waals surface area contributed by atoms with Gasteiger partial charge in [0.1, 0.15) is 6.04 Å². The predicted octanol–water partition coefficient (Wildman–Crippen LogP) is 3.14. The Hall–Kier alpha value is -0.610. The molecular formula is C16H34N2O2. The molecule has 4 nitrogen and oxygen atoms in total. The average Bonchev–Trinajstić information content (AvgIpc) is 2.42. The van der Waals surface area contributed by atoms with Gasteiger partial charge in [-0.3, -0.25) is 4.79 Å². The highest BCUT2D eigenvalue weighted by molar-refractivity contribution is 5.73. The SMILES string of the molecule is CCCCCC(CCN)C(CCCCC)C(N)C(=O)O. The van der Waals surface area contributed by atoms with Crippen LogP contribution in [0.2, 0.25) is 0 Å². The summed E-state index contributed by atoms with van der Waals surface area (Å²) in [5.41, 5.74) is 11.7. The molecule has 3 unspecified atom stereocenters. The van der Waals surface area contributed by atoms with Crippen molar-refractivity contribution in [2.24, 2.45) is 23.3 Å². The molecule has 0 aromatic rings. The van der Waals surface area contributed by atoms with Gasteiger partial charge in [-0.15, -0.1) is 0 Å². The summed E-state index contributed by atoms with van der Waals surface area (Å²) in [5, 5.41) is 9.24. The Bertz CT molecular complexity index is 247. The van der Waals surface area contributed by atoms with E-state index in [1.165, 1.54) is 12.8 Å². The Labute approximate surface area is 124 Å². The first kappa shape index (κ1) is 19.4. The average molecular weight is 286 g/mol. The molecule has 0 radical (unpaired) electrons. The van der Waals surface area contributed by atoms with Gasteiger partial charge in [-0.1, -0.05) is 58.8 Å². The van der Waals surface area contributed by atoms with Gasteiger partial charge in [-0.05, 0) is 31.2 Å². The normalized spacial score (nSPS) is 15.8. The van der Waals surface area contributed by atoms with Crippen molar-refractivity contribution >= 4 is 5.97 Å². The van der Waals surface area contributed by atoms with Crippen LogP contribution in [0.5, 0.6) is 0 Å². The molecule has 0 rings (SSSR count). The van der Waals surface area contributed by atoms with Crippen LogP contribution in [-0.4, -0.2) is 23.7 Å². The van der Waals surface area contributed by atoms with Crippen molar-refractivity contribution in [2.45, 2.75) is 77.7 Å². The molecule has 120 valence electrons. The minimum atomic E-state index is -0.871. The lowest BCUT2D eigenvalue weighted by Crippen LogP contribution is -2.42. The number of carboxylic acid groups (broad SMARTS) is 1. The molecule has 20 heavy (non-hydrogen) atoms. The molecule has 0 amide bonds. The lowest BCUT2D eigenvalue weighted by atomic mass is 9.78. The van der Waals surface area contributed by atoms with E-state index >= 15 is 0 Å². The van der Waals surface area contributed by atoms with Gasteiger partial charge < -0.3 is 16.6 Å². The molecule has 0 bridgehead atoms. The summed E-state index contributed by atoms with van der Waals surface area (Å²) in [5.74, 6) is -0.446. The van der Waals surface area contributed by atoms with Gasteiger partial charge in [0.05, 0.1) is 0 Å². The van der Waals surface area contributed by atoms with E-state index in [-0.39, 0.29) is 5.92 Å². The molecule has 0 saturated heterocycles. The molecule has 0 aliphatic rings. The summed E-state index contributed by atoms with van der Waals surface area (Å²) in [4.78, 5) is 11.3. The predicted molar refractivity (Wildman–Crippen MR) is 84.5 cm³/mol. The highest BCUT2D eigenvalue weighted by Gasteiger charge is 2.30. The lowest BCUT2D eigenvalue weighted by molar-refractivity contribution is -0.140. The number of aliphatic carboxylic acids is 1. The fourth-order valence-corrected chi connectivity index (χ4v) is 2.96. The number of hydrogen-bond acceptors (Lipinski definition) is 3. The zero-order valence-corrected chi connectivity index (χ0v) is 13.3. The Kier molecular flexibility index (Phi) is 11.8. The quantitative estimate of drug-likeness (QED) is 0.454. The largest absolute Gasteiger partial charge is 0.480 e. The van der Waals surface area contributed by atoms with Crippen molar-refractivity contribution in [1.82, 2.24) is 0 Å². The van der Waals surface area contributed by atoms with Crippen molar-refractivity contribution in [3.05, 3.63) is 0 Å². The Balaban J connectivity index is 4.64. The number of hydrogen-bond donors (Lipinski definition) is 3. The Morgan fingerprint density at radius 2 is 1.55 bits per heavy atom. The zero-order valence-electron chi connectivity index (χ0n) is 13.3. The molecule has 5 N–H and O–H groups in total. The van der Waals surface area contributed by atoms with Gasteiger partial charge in [0, 0.05) is 0 Å². The third-order valence-corrected chi connectivity index (χ3v) is 4.21. The van der Waals surface area contributed by atoms with Crippen LogP contribution in [-0.2, 0) is 4.79 Å². The van der Waals surface area contributed by atoms with Crippen molar-refractivity contribution in [3.63, 3.8) is 0 Å². The topological polar surface area (TPSA) is 89.3 Å².